The molecule has 4 nitrogen and oxygen atoms in total. The lowest BCUT2D eigenvalue weighted by molar-refractivity contribution is 0.274. The lowest BCUT2D eigenvalue weighted by Crippen LogP contribution is -2.38. The summed E-state index contributed by atoms with van der Waals surface area (Å²) in [5.74, 6) is 5.98. The van der Waals surface area contributed by atoms with Crippen LogP contribution in [-0.4, -0.2) is 19.9 Å². The van der Waals surface area contributed by atoms with Gasteiger partial charge in [-0.05, 0) is 42.9 Å². The molecule has 0 aliphatic heterocycles. The fraction of sp³-hybridized carbons (Fsp3) is 0.571. The number of nitrogens with two attached hydrogens (primary N) is 1. The lowest BCUT2D eigenvalue weighted by atomic mass is 9.81. The molecular weight excluding hydrogens is 340 g/mol. The van der Waals surface area contributed by atoms with Crippen LogP contribution < -0.4 is 11.3 Å². The van der Waals surface area contributed by atoms with Gasteiger partial charge in [0.05, 0.1) is 5.25 Å². The van der Waals surface area contributed by atoms with Crippen molar-refractivity contribution in [1.29, 1.82) is 0 Å². The van der Waals surface area contributed by atoms with Crippen molar-refractivity contribution in [3.05, 3.63) is 34.3 Å². The van der Waals surface area contributed by atoms with Gasteiger partial charge in [-0.3, -0.25) is 11.3 Å². The van der Waals surface area contributed by atoms with Crippen LogP contribution in [0, 0.1) is 5.92 Å². The van der Waals surface area contributed by atoms with Gasteiger partial charge in [0.1, 0.15) is 9.84 Å². The van der Waals surface area contributed by atoms with Crippen LogP contribution in [0.25, 0.3) is 0 Å². The molecular formula is C14H21BrN2O2S. The third-order valence-electron chi connectivity index (χ3n) is 4.13. The fourth-order valence-electron chi connectivity index (χ4n) is 3.08. The summed E-state index contributed by atoms with van der Waals surface area (Å²) in [5, 5.41) is -0.232. The maximum atomic E-state index is 11.8. The number of sulfone groups is 1. The number of hydrogen-bond donors (Lipinski definition) is 2. The van der Waals surface area contributed by atoms with Crippen LogP contribution in [0.1, 0.15) is 37.3 Å². The van der Waals surface area contributed by atoms with Crippen molar-refractivity contribution in [2.24, 2.45) is 11.8 Å². The van der Waals surface area contributed by atoms with Gasteiger partial charge in [-0.15, -0.1) is 0 Å². The average Bonchev–Trinajstić information content (AvgIpc) is 2.39. The topological polar surface area (TPSA) is 72.2 Å². The highest BCUT2D eigenvalue weighted by molar-refractivity contribution is 9.10. The number of nitrogens with one attached hydrogen (secondary N) is 1. The summed E-state index contributed by atoms with van der Waals surface area (Å²) >= 11 is 3.46. The van der Waals surface area contributed by atoms with Gasteiger partial charge in [0.2, 0.25) is 0 Å². The molecule has 1 aliphatic carbocycles. The van der Waals surface area contributed by atoms with Crippen molar-refractivity contribution in [1.82, 2.24) is 5.43 Å². The van der Waals surface area contributed by atoms with Gasteiger partial charge in [-0.2, -0.15) is 0 Å². The second-order valence-corrected chi connectivity index (χ2v) is 8.82. The van der Waals surface area contributed by atoms with Gasteiger partial charge < -0.3 is 0 Å². The molecule has 1 fully saturated rings. The molecule has 1 aromatic rings. The predicted octanol–water partition coefficient (Wildman–Crippen LogP) is 2.56. The number of hydrazine groups is 1. The molecule has 3 unspecified atom stereocenters. The molecule has 3 atom stereocenters. The van der Waals surface area contributed by atoms with Gasteiger partial charge in [0.15, 0.2) is 0 Å². The molecule has 1 aliphatic rings. The first-order valence-electron chi connectivity index (χ1n) is 6.82. The van der Waals surface area contributed by atoms with Gasteiger partial charge in [0.25, 0.3) is 0 Å². The molecule has 3 N–H and O–H groups in total. The molecule has 112 valence electrons. The lowest BCUT2D eigenvalue weighted by Gasteiger charge is -2.33. The molecule has 2 rings (SSSR count). The Balaban J connectivity index is 2.19. The smallest absolute Gasteiger partial charge is 0.150 e. The molecule has 0 heterocycles. The Bertz CT molecular complexity index is 562. The van der Waals surface area contributed by atoms with Crippen LogP contribution in [-0.2, 0) is 9.84 Å². The zero-order chi connectivity index (χ0) is 14.8. The summed E-state index contributed by atoms with van der Waals surface area (Å²) < 4.78 is 24.6. The molecule has 1 aromatic carbocycles. The monoisotopic (exact) mass is 360 g/mol. The van der Waals surface area contributed by atoms with E-state index in [1.807, 2.05) is 24.3 Å². The van der Waals surface area contributed by atoms with E-state index in [-0.39, 0.29) is 17.2 Å². The minimum atomic E-state index is -2.97. The van der Waals surface area contributed by atoms with Gasteiger partial charge in [-0.1, -0.05) is 34.5 Å². The summed E-state index contributed by atoms with van der Waals surface area (Å²) in [6.45, 7) is 0. The zero-order valence-electron chi connectivity index (χ0n) is 11.5. The van der Waals surface area contributed by atoms with Gasteiger partial charge in [0, 0.05) is 16.8 Å². The summed E-state index contributed by atoms with van der Waals surface area (Å²) in [5.41, 5.74) is 3.97. The first kappa shape index (κ1) is 15.9. The van der Waals surface area contributed by atoms with Gasteiger partial charge in [-0.25, -0.2) is 8.42 Å². The summed E-state index contributed by atoms with van der Waals surface area (Å²) in [7, 11) is -2.97. The fourth-order valence-corrected chi connectivity index (χ4v) is 4.69. The maximum Gasteiger partial charge on any atom is 0.150 e. The molecule has 6 heteroatoms. The molecule has 0 amide bonds. The highest BCUT2D eigenvalue weighted by Gasteiger charge is 2.33. The second-order valence-electron chi connectivity index (χ2n) is 5.58. The molecule has 0 radical (unpaired) electrons. The molecule has 0 spiro atoms. The van der Waals surface area contributed by atoms with Gasteiger partial charge >= 0.3 is 0 Å². The van der Waals surface area contributed by atoms with E-state index < -0.39 is 9.84 Å². The standard InChI is InChI=1S/C14H21BrN2O2S/c1-20(18,19)13-7-3-5-11(9-13)14(17-16)10-4-2-6-12(15)8-10/h2,4,6,8,11,13-14,17H,3,5,7,9,16H2,1H3. The van der Waals surface area contributed by atoms with Crippen LogP contribution in [0.2, 0.25) is 0 Å². The third-order valence-corrected chi connectivity index (χ3v) is 6.26. The van der Waals surface area contributed by atoms with E-state index in [0.717, 1.165) is 29.3 Å². The third kappa shape index (κ3) is 3.81. The Morgan fingerprint density at radius 2 is 2.15 bits per heavy atom. The van der Waals surface area contributed by atoms with E-state index in [1.54, 1.807) is 0 Å². The van der Waals surface area contributed by atoms with E-state index in [1.165, 1.54) is 6.26 Å². The molecule has 0 saturated heterocycles. The first-order chi connectivity index (χ1) is 9.41. The SMILES string of the molecule is CS(=O)(=O)C1CCCC(C(NN)c2cccc(Br)c2)C1. The minimum Gasteiger partial charge on any atom is -0.271 e. The van der Waals surface area contributed by atoms with E-state index in [2.05, 4.69) is 21.4 Å². The van der Waals surface area contributed by atoms with E-state index >= 15 is 0 Å². The summed E-state index contributed by atoms with van der Waals surface area (Å²) in [6, 6.07) is 8.00. The Labute approximate surface area is 129 Å². The highest BCUT2D eigenvalue weighted by Crippen LogP contribution is 2.36. The number of hydrogen-bond acceptors (Lipinski definition) is 4. The van der Waals surface area contributed by atoms with Crippen molar-refractivity contribution >= 4 is 25.8 Å². The van der Waals surface area contributed by atoms with Crippen molar-refractivity contribution in [2.45, 2.75) is 37.0 Å². The van der Waals surface area contributed by atoms with Crippen LogP contribution >= 0.6 is 15.9 Å². The van der Waals surface area contributed by atoms with Crippen LogP contribution in [0.3, 0.4) is 0 Å². The van der Waals surface area contributed by atoms with Crippen molar-refractivity contribution in [3.8, 4) is 0 Å². The van der Waals surface area contributed by atoms with Crippen molar-refractivity contribution in [3.63, 3.8) is 0 Å². The molecule has 0 aromatic heterocycles. The summed E-state index contributed by atoms with van der Waals surface area (Å²) in [6.07, 6.45) is 4.73. The van der Waals surface area contributed by atoms with Crippen LogP contribution in [0.4, 0.5) is 0 Å². The van der Waals surface area contributed by atoms with Crippen molar-refractivity contribution < 1.29 is 8.42 Å². The highest BCUT2D eigenvalue weighted by atomic mass is 79.9. The molecule has 1 saturated carbocycles. The predicted molar refractivity (Wildman–Crippen MR) is 84.8 cm³/mol. The van der Waals surface area contributed by atoms with E-state index in [0.29, 0.717) is 6.42 Å². The number of rotatable bonds is 4. The van der Waals surface area contributed by atoms with E-state index in [4.69, 9.17) is 5.84 Å². The second kappa shape index (κ2) is 6.56. The minimum absolute atomic E-state index is 0.00273. The Morgan fingerprint density at radius 3 is 2.75 bits per heavy atom. The normalized spacial score (nSPS) is 25.4. The Kier molecular flexibility index (Phi) is 5.23. The first-order valence-corrected chi connectivity index (χ1v) is 9.57. The van der Waals surface area contributed by atoms with Crippen LogP contribution in [0.5, 0.6) is 0 Å². The Morgan fingerprint density at radius 1 is 1.40 bits per heavy atom. The van der Waals surface area contributed by atoms with E-state index in [9.17, 15) is 8.42 Å². The number of benzene rings is 1. The average molecular weight is 361 g/mol. The largest absolute Gasteiger partial charge is 0.271 e. The quantitative estimate of drug-likeness (QED) is 0.639. The molecule has 20 heavy (non-hydrogen) atoms. The maximum absolute atomic E-state index is 11.8. The number of halogens is 1. The van der Waals surface area contributed by atoms with Crippen LogP contribution in [0.15, 0.2) is 28.7 Å². The zero-order valence-corrected chi connectivity index (χ0v) is 14.0. The summed E-state index contributed by atoms with van der Waals surface area (Å²) in [4.78, 5) is 0. The van der Waals surface area contributed by atoms with Crippen molar-refractivity contribution in [2.75, 3.05) is 6.26 Å². The Hall–Kier alpha value is -0.430. The molecule has 0 bridgehead atoms.